The van der Waals surface area contributed by atoms with Crippen molar-refractivity contribution in [1.29, 1.82) is 0 Å². The molecular formula is C13H22N2O2S. The van der Waals surface area contributed by atoms with Crippen LogP contribution >= 0.6 is 0 Å². The number of hydrogen-bond acceptors (Lipinski definition) is 3. The van der Waals surface area contributed by atoms with Gasteiger partial charge in [0.2, 0.25) is 10.0 Å². The third-order valence-electron chi connectivity index (χ3n) is 2.91. The quantitative estimate of drug-likeness (QED) is 0.800. The molecule has 0 saturated carbocycles. The van der Waals surface area contributed by atoms with Gasteiger partial charge in [-0.2, -0.15) is 0 Å². The van der Waals surface area contributed by atoms with Crippen LogP contribution in [0.1, 0.15) is 33.1 Å². The summed E-state index contributed by atoms with van der Waals surface area (Å²) in [5, 5.41) is 3.37. The Balaban J connectivity index is 2.89. The molecule has 18 heavy (non-hydrogen) atoms. The van der Waals surface area contributed by atoms with Crippen molar-refractivity contribution in [2.45, 2.75) is 44.0 Å². The predicted octanol–water partition coefficient (Wildman–Crippen LogP) is 2.59. The zero-order valence-corrected chi connectivity index (χ0v) is 12.0. The molecule has 0 bridgehead atoms. The molecule has 0 heterocycles. The summed E-state index contributed by atoms with van der Waals surface area (Å²) in [5.74, 6) is 0. The molecule has 1 unspecified atom stereocenters. The largest absolute Gasteiger partial charge is 0.382 e. The zero-order chi connectivity index (χ0) is 13.6. The third kappa shape index (κ3) is 3.99. The van der Waals surface area contributed by atoms with Crippen molar-refractivity contribution in [3.8, 4) is 0 Å². The van der Waals surface area contributed by atoms with Gasteiger partial charge in [0.05, 0.1) is 4.90 Å². The summed E-state index contributed by atoms with van der Waals surface area (Å²) in [7, 11) is -1.95. The van der Waals surface area contributed by atoms with E-state index >= 15 is 0 Å². The van der Waals surface area contributed by atoms with Gasteiger partial charge < -0.3 is 5.32 Å². The molecule has 2 N–H and O–H groups in total. The van der Waals surface area contributed by atoms with Crippen LogP contribution in [-0.2, 0) is 10.0 Å². The van der Waals surface area contributed by atoms with Gasteiger partial charge in [0.25, 0.3) is 0 Å². The van der Waals surface area contributed by atoms with E-state index in [0.29, 0.717) is 10.9 Å². The van der Waals surface area contributed by atoms with Crippen LogP contribution < -0.4 is 10.0 Å². The normalized spacial score (nSPS) is 13.3. The van der Waals surface area contributed by atoms with Crippen LogP contribution in [0.4, 0.5) is 5.69 Å². The molecule has 0 aliphatic heterocycles. The lowest BCUT2D eigenvalue weighted by molar-refractivity contribution is 0.588. The maximum Gasteiger partial charge on any atom is 0.240 e. The number of rotatable bonds is 7. The SMILES string of the molecule is CCCC(CC)Nc1cccc(S(=O)(=O)NC)c1. The fourth-order valence-corrected chi connectivity index (χ4v) is 2.61. The summed E-state index contributed by atoms with van der Waals surface area (Å²) < 4.78 is 25.7. The Hall–Kier alpha value is -1.07. The highest BCUT2D eigenvalue weighted by Gasteiger charge is 2.12. The lowest BCUT2D eigenvalue weighted by Gasteiger charge is -2.18. The molecule has 1 aromatic rings. The predicted molar refractivity (Wildman–Crippen MR) is 75.3 cm³/mol. The van der Waals surface area contributed by atoms with Gasteiger partial charge in [-0.1, -0.05) is 26.3 Å². The fourth-order valence-electron chi connectivity index (χ4n) is 1.83. The molecule has 1 aromatic carbocycles. The van der Waals surface area contributed by atoms with E-state index in [-0.39, 0.29) is 0 Å². The number of hydrogen-bond donors (Lipinski definition) is 2. The molecule has 1 rings (SSSR count). The smallest absolute Gasteiger partial charge is 0.240 e. The lowest BCUT2D eigenvalue weighted by Crippen LogP contribution is -2.20. The highest BCUT2D eigenvalue weighted by Crippen LogP contribution is 2.17. The van der Waals surface area contributed by atoms with Gasteiger partial charge in [-0.3, -0.25) is 0 Å². The number of benzene rings is 1. The summed E-state index contributed by atoms with van der Waals surface area (Å²) in [6, 6.07) is 7.31. The minimum atomic E-state index is -3.37. The Bertz CT molecular complexity index is 472. The number of anilines is 1. The van der Waals surface area contributed by atoms with Gasteiger partial charge in [-0.25, -0.2) is 13.1 Å². The minimum absolute atomic E-state index is 0.293. The van der Waals surface area contributed by atoms with Crippen LogP contribution in [0.5, 0.6) is 0 Å². The average molecular weight is 270 g/mol. The first-order valence-electron chi connectivity index (χ1n) is 6.33. The van der Waals surface area contributed by atoms with Crippen molar-refractivity contribution in [3.05, 3.63) is 24.3 Å². The van der Waals surface area contributed by atoms with Gasteiger partial charge in [0, 0.05) is 11.7 Å². The summed E-state index contributed by atoms with van der Waals surface area (Å²) in [6.45, 7) is 4.27. The van der Waals surface area contributed by atoms with Crippen LogP contribution in [0.15, 0.2) is 29.2 Å². The standard InChI is InChI=1S/C13H22N2O2S/c1-4-7-11(5-2)15-12-8-6-9-13(10-12)18(16,17)14-3/h6,8-11,14-15H,4-5,7H2,1-3H3. The van der Waals surface area contributed by atoms with Gasteiger partial charge in [0.1, 0.15) is 0 Å². The molecule has 0 spiro atoms. The van der Waals surface area contributed by atoms with E-state index in [9.17, 15) is 8.42 Å². The topological polar surface area (TPSA) is 58.2 Å². The monoisotopic (exact) mass is 270 g/mol. The molecule has 0 amide bonds. The molecule has 0 saturated heterocycles. The first-order chi connectivity index (χ1) is 8.53. The first-order valence-corrected chi connectivity index (χ1v) is 7.82. The van der Waals surface area contributed by atoms with Gasteiger partial charge in [-0.15, -0.1) is 0 Å². The second-order valence-electron chi connectivity index (χ2n) is 4.27. The molecule has 1 atom stereocenters. The number of nitrogens with one attached hydrogen (secondary N) is 2. The van der Waals surface area contributed by atoms with E-state index in [4.69, 9.17) is 0 Å². The zero-order valence-electron chi connectivity index (χ0n) is 11.2. The molecule has 0 aromatic heterocycles. The lowest BCUT2D eigenvalue weighted by atomic mass is 10.1. The van der Waals surface area contributed by atoms with Crippen LogP contribution in [-0.4, -0.2) is 21.5 Å². The van der Waals surface area contributed by atoms with E-state index in [1.165, 1.54) is 7.05 Å². The molecule has 0 aliphatic carbocycles. The molecular weight excluding hydrogens is 248 g/mol. The van der Waals surface area contributed by atoms with Gasteiger partial charge >= 0.3 is 0 Å². The van der Waals surface area contributed by atoms with Crippen LogP contribution in [0.25, 0.3) is 0 Å². The molecule has 4 nitrogen and oxygen atoms in total. The highest BCUT2D eigenvalue weighted by atomic mass is 32.2. The molecule has 102 valence electrons. The maximum atomic E-state index is 11.7. The second-order valence-corrected chi connectivity index (χ2v) is 6.16. The Morgan fingerprint density at radius 1 is 1.28 bits per heavy atom. The summed E-state index contributed by atoms with van der Waals surface area (Å²) in [5.41, 5.74) is 0.853. The van der Waals surface area contributed by atoms with Crippen molar-refractivity contribution in [3.63, 3.8) is 0 Å². The van der Waals surface area contributed by atoms with Crippen LogP contribution in [0.2, 0.25) is 0 Å². The summed E-state index contributed by atoms with van der Waals surface area (Å²) in [4.78, 5) is 0.293. The Morgan fingerprint density at radius 2 is 2.00 bits per heavy atom. The summed E-state index contributed by atoms with van der Waals surface area (Å²) >= 11 is 0. The van der Waals surface area contributed by atoms with E-state index in [1.807, 2.05) is 6.07 Å². The van der Waals surface area contributed by atoms with Crippen LogP contribution in [0, 0.1) is 0 Å². The van der Waals surface area contributed by atoms with Gasteiger partial charge in [0.15, 0.2) is 0 Å². The van der Waals surface area contributed by atoms with Crippen molar-refractivity contribution in [1.82, 2.24) is 4.72 Å². The molecule has 5 heteroatoms. The van der Waals surface area contributed by atoms with Crippen molar-refractivity contribution in [2.24, 2.45) is 0 Å². The Morgan fingerprint density at radius 3 is 2.56 bits per heavy atom. The maximum absolute atomic E-state index is 11.7. The van der Waals surface area contributed by atoms with E-state index in [1.54, 1.807) is 18.2 Å². The summed E-state index contributed by atoms with van der Waals surface area (Å²) in [6.07, 6.45) is 3.22. The number of sulfonamides is 1. The Kier molecular flexibility index (Phi) is 5.62. The second kappa shape index (κ2) is 6.75. The van der Waals surface area contributed by atoms with E-state index in [2.05, 4.69) is 23.9 Å². The van der Waals surface area contributed by atoms with Gasteiger partial charge in [-0.05, 0) is 38.1 Å². The van der Waals surface area contributed by atoms with E-state index < -0.39 is 10.0 Å². The minimum Gasteiger partial charge on any atom is -0.382 e. The third-order valence-corrected chi connectivity index (χ3v) is 4.33. The van der Waals surface area contributed by atoms with Crippen LogP contribution in [0.3, 0.4) is 0 Å². The fraction of sp³-hybridized carbons (Fsp3) is 0.538. The Labute approximate surface area is 110 Å². The highest BCUT2D eigenvalue weighted by molar-refractivity contribution is 7.89. The first kappa shape index (κ1) is 15.0. The van der Waals surface area contributed by atoms with Crippen molar-refractivity contribution in [2.75, 3.05) is 12.4 Å². The molecule has 0 radical (unpaired) electrons. The van der Waals surface area contributed by atoms with Crippen molar-refractivity contribution < 1.29 is 8.42 Å². The molecule has 0 fully saturated rings. The average Bonchev–Trinajstić information content (AvgIpc) is 2.38. The van der Waals surface area contributed by atoms with Crippen molar-refractivity contribution >= 4 is 15.7 Å². The molecule has 0 aliphatic rings. The van der Waals surface area contributed by atoms with E-state index in [0.717, 1.165) is 24.9 Å².